The van der Waals surface area contributed by atoms with E-state index in [2.05, 4.69) is 26.0 Å². The predicted molar refractivity (Wildman–Crippen MR) is 75.6 cm³/mol. The third kappa shape index (κ3) is 6.01. The fraction of sp³-hybridized carbons (Fsp3) is 0.583. The number of hydrogen-bond donors (Lipinski definition) is 4. The maximum atomic E-state index is 11.6. The number of carbonyl (C=O) groups excluding carboxylic acids is 1. The highest BCUT2D eigenvalue weighted by molar-refractivity contribution is 5.77. The molecule has 0 aromatic carbocycles. The molecule has 0 saturated heterocycles. The minimum atomic E-state index is -0.209. The number of hydrazine groups is 1. The standard InChI is InChI=1S/C12H22N6O/c1-8-7-9(16-11(15-8)18-13)14-6-5-10(19)17-12(2,3)4/h7H,5-6,13H2,1-4H3,(H,17,19)(H2,14,15,16,18). The molecular weight excluding hydrogens is 244 g/mol. The molecule has 1 aromatic rings. The van der Waals surface area contributed by atoms with Crippen molar-refractivity contribution in [3.63, 3.8) is 0 Å². The van der Waals surface area contributed by atoms with Gasteiger partial charge in [-0.1, -0.05) is 0 Å². The number of hydrogen-bond acceptors (Lipinski definition) is 6. The van der Waals surface area contributed by atoms with Gasteiger partial charge in [0.1, 0.15) is 5.82 Å². The molecule has 1 rings (SSSR count). The number of aryl methyl sites for hydroxylation is 1. The number of nitrogens with zero attached hydrogens (tertiary/aromatic N) is 2. The Bertz CT molecular complexity index is 440. The molecule has 0 aliphatic rings. The largest absolute Gasteiger partial charge is 0.369 e. The van der Waals surface area contributed by atoms with Crippen LogP contribution in [-0.4, -0.2) is 28.0 Å². The second-order valence-corrected chi connectivity index (χ2v) is 5.34. The van der Waals surface area contributed by atoms with Crippen molar-refractivity contribution >= 4 is 17.7 Å². The van der Waals surface area contributed by atoms with Crippen LogP contribution in [0.1, 0.15) is 32.9 Å². The Labute approximate surface area is 113 Å². The SMILES string of the molecule is Cc1cc(NCCC(=O)NC(C)(C)C)nc(NN)n1. The zero-order chi connectivity index (χ0) is 14.5. The van der Waals surface area contributed by atoms with Crippen molar-refractivity contribution in [3.8, 4) is 0 Å². The van der Waals surface area contributed by atoms with E-state index < -0.39 is 0 Å². The van der Waals surface area contributed by atoms with Crippen LogP contribution in [0.25, 0.3) is 0 Å². The van der Waals surface area contributed by atoms with Gasteiger partial charge in [0.2, 0.25) is 11.9 Å². The molecule has 1 amide bonds. The third-order valence-electron chi connectivity index (χ3n) is 2.16. The van der Waals surface area contributed by atoms with Crippen molar-refractivity contribution in [2.45, 2.75) is 39.7 Å². The summed E-state index contributed by atoms with van der Waals surface area (Å²) < 4.78 is 0. The fourth-order valence-corrected chi connectivity index (χ4v) is 1.51. The van der Waals surface area contributed by atoms with Gasteiger partial charge < -0.3 is 10.6 Å². The van der Waals surface area contributed by atoms with Crippen molar-refractivity contribution in [3.05, 3.63) is 11.8 Å². The summed E-state index contributed by atoms with van der Waals surface area (Å²) in [6.45, 7) is 8.20. The molecule has 0 radical (unpaired) electrons. The van der Waals surface area contributed by atoms with Gasteiger partial charge in [-0.25, -0.2) is 10.8 Å². The average molecular weight is 266 g/mol. The summed E-state index contributed by atoms with van der Waals surface area (Å²) in [4.78, 5) is 19.8. The van der Waals surface area contributed by atoms with E-state index in [0.29, 0.717) is 24.7 Å². The van der Waals surface area contributed by atoms with Gasteiger partial charge in [0.25, 0.3) is 0 Å². The molecule has 0 atom stereocenters. The lowest BCUT2D eigenvalue weighted by molar-refractivity contribution is -0.122. The Kier molecular flexibility index (Phi) is 5.05. The molecular formula is C12H22N6O. The summed E-state index contributed by atoms with van der Waals surface area (Å²) in [7, 11) is 0. The van der Waals surface area contributed by atoms with Crippen molar-refractivity contribution in [2.75, 3.05) is 17.3 Å². The summed E-state index contributed by atoms with van der Waals surface area (Å²) in [6.07, 6.45) is 0.381. The highest BCUT2D eigenvalue weighted by atomic mass is 16.1. The first kappa shape index (κ1) is 15.2. The number of rotatable bonds is 5. The molecule has 1 aromatic heterocycles. The number of amides is 1. The van der Waals surface area contributed by atoms with Crippen LogP contribution < -0.4 is 21.9 Å². The van der Waals surface area contributed by atoms with Gasteiger partial charge in [-0.2, -0.15) is 4.98 Å². The summed E-state index contributed by atoms with van der Waals surface area (Å²) in [5.41, 5.74) is 2.98. The maximum absolute atomic E-state index is 11.6. The normalized spacial score (nSPS) is 11.0. The predicted octanol–water partition coefficient (Wildman–Crippen LogP) is 0.787. The first-order chi connectivity index (χ1) is 8.80. The molecule has 0 bridgehead atoms. The van der Waals surface area contributed by atoms with Crippen LogP contribution in [0.4, 0.5) is 11.8 Å². The Morgan fingerprint density at radius 3 is 2.63 bits per heavy atom. The molecule has 0 fully saturated rings. The second-order valence-electron chi connectivity index (χ2n) is 5.34. The molecule has 7 heteroatoms. The van der Waals surface area contributed by atoms with Gasteiger partial charge in [-0.15, -0.1) is 0 Å². The van der Waals surface area contributed by atoms with E-state index in [1.54, 1.807) is 6.07 Å². The first-order valence-electron chi connectivity index (χ1n) is 6.17. The number of anilines is 2. The number of nitrogens with one attached hydrogen (secondary N) is 3. The van der Waals surface area contributed by atoms with Gasteiger partial charge in [-0.05, 0) is 27.7 Å². The summed E-state index contributed by atoms with van der Waals surface area (Å²) in [6, 6.07) is 1.79. The van der Waals surface area contributed by atoms with E-state index in [0.717, 1.165) is 5.69 Å². The Morgan fingerprint density at radius 2 is 2.05 bits per heavy atom. The van der Waals surface area contributed by atoms with Crippen LogP contribution in [0.2, 0.25) is 0 Å². The van der Waals surface area contributed by atoms with Gasteiger partial charge >= 0.3 is 0 Å². The number of nitrogens with two attached hydrogens (primary N) is 1. The quantitative estimate of drug-likeness (QED) is 0.464. The zero-order valence-corrected chi connectivity index (χ0v) is 11.9. The van der Waals surface area contributed by atoms with E-state index in [1.165, 1.54) is 0 Å². The average Bonchev–Trinajstić information content (AvgIpc) is 2.25. The molecule has 0 aliphatic carbocycles. The van der Waals surface area contributed by atoms with E-state index in [-0.39, 0.29) is 11.4 Å². The molecule has 0 aliphatic heterocycles. The van der Waals surface area contributed by atoms with E-state index in [9.17, 15) is 4.79 Å². The van der Waals surface area contributed by atoms with Gasteiger partial charge in [0.15, 0.2) is 0 Å². The molecule has 106 valence electrons. The highest BCUT2D eigenvalue weighted by Crippen LogP contribution is 2.08. The van der Waals surface area contributed by atoms with Crippen LogP contribution in [0.5, 0.6) is 0 Å². The van der Waals surface area contributed by atoms with E-state index in [4.69, 9.17) is 5.84 Å². The second kappa shape index (κ2) is 6.33. The van der Waals surface area contributed by atoms with Gasteiger partial charge in [0.05, 0.1) is 0 Å². The lowest BCUT2D eigenvalue weighted by Crippen LogP contribution is -2.41. The lowest BCUT2D eigenvalue weighted by Gasteiger charge is -2.20. The highest BCUT2D eigenvalue weighted by Gasteiger charge is 2.13. The van der Waals surface area contributed by atoms with Crippen molar-refractivity contribution in [1.82, 2.24) is 15.3 Å². The Balaban J connectivity index is 2.45. The van der Waals surface area contributed by atoms with E-state index >= 15 is 0 Å². The maximum Gasteiger partial charge on any atom is 0.239 e. The van der Waals surface area contributed by atoms with Crippen LogP contribution in [0.3, 0.4) is 0 Å². The van der Waals surface area contributed by atoms with E-state index in [1.807, 2.05) is 27.7 Å². The summed E-state index contributed by atoms with van der Waals surface area (Å²) in [5.74, 6) is 6.26. The number of nitrogen functional groups attached to an aromatic ring is 1. The van der Waals surface area contributed by atoms with Crippen molar-refractivity contribution in [2.24, 2.45) is 5.84 Å². The smallest absolute Gasteiger partial charge is 0.239 e. The van der Waals surface area contributed by atoms with Crippen LogP contribution in [-0.2, 0) is 4.79 Å². The van der Waals surface area contributed by atoms with Crippen LogP contribution >= 0.6 is 0 Å². The zero-order valence-electron chi connectivity index (χ0n) is 11.9. The third-order valence-corrected chi connectivity index (χ3v) is 2.16. The minimum absolute atomic E-state index is 0.00273. The number of aromatic nitrogens is 2. The molecule has 7 nitrogen and oxygen atoms in total. The molecule has 19 heavy (non-hydrogen) atoms. The van der Waals surface area contributed by atoms with Gasteiger partial charge in [0, 0.05) is 30.3 Å². The van der Waals surface area contributed by atoms with Gasteiger partial charge in [-0.3, -0.25) is 10.2 Å². The van der Waals surface area contributed by atoms with Crippen molar-refractivity contribution in [1.29, 1.82) is 0 Å². The monoisotopic (exact) mass is 266 g/mol. The lowest BCUT2D eigenvalue weighted by atomic mass is 10.1. The van der Waals surface area contributed by atoms with Crippen LogP contribution in [0.15, 0.2) is 6.07 Å². The molecule has 0 spiro atoms. The first-order valence-corrected chi connectivity index (χ1v) is 6.17. The molecule has 5 N–H and O–H groups in total. The Hall–Kier alpha value is -1.89. The topological polar surface area (TPSA) is 105 Å². The van der Waals surface area contributed by atoms with Crippen molar-refractivity contribution < 1.29 is 4.79 Å². The molecule has 0 unspecified atom stereocenters. The summed E-state index contributed by atoms with van der Waals surface area (Å²) >= 11 is 0. The van der Waals surface area contributed by atoms with Crippen LogP contribution in [0, 0.1) is 6.92 Å². The molecule has 0 saturated carbocycles. The fourth-order valence-electron chi connectivity index (χ4n) is 1.51. The Morgan fingerprint density at radius 1 is 1.37 bits per heavy atom. The summed E-state index contributed by atoms with van der Waals surface area (Å²) in [5, 5.41) is 5.96. The number of carbonyl (C=O) groups is 1. The molecule has 1 heterocycles. The minimum Gasteiger partial charge on any atom is -0.369 e.